The normalized spacial score (nSPS) is 9.73. The molecule has 0 aromatic rings. The first-order chi connectivity index (χ1) is 9.20. The second-order valence-electron chi connectivity index (χ2n) is 4.00. The zero-order chi connectivity index (χ0) is 15.7. The monoisotopic (exact) mass is 370 g/mol. The third kappa shape index (κ3) is 17.4. The quantitative estimate of drug-likeness (QED) is 0.280. The summed E-state index contributed by atoms with van der Waals surface area (Å²) in [7, 11) is 0. The largest absolute Gasteiger partial charge is 0.480 e. The van der Waals surface area contributed by atoms with Crippen molar-refractivity contribution in [3.63, 3.8) is 0 Å². The fourth-order valence-corrected chi connectivity index (χ4v) is 1.48. The van der Waals surface area contributed by atoms with Crippen molar-refractivity contribution in [1.82, 2.24) is 9.80 Å². The predicted molar refractivity (Wildman–Crippen MR) is 74.9 cm³/mol. The second-order valence-corrected chi connectivity index (χ2v) is 4.00. The number of carbonyl (C=O) groups is 4. The third-order valence-corrected chi connectivity index (χ3v) is 2.17. The maximum atomic E-state index is 10.6. The Labute approximate surface area is 211 Å². The Kier molecular flexibility index (Phi) is 19.8. The van der Waals surface area contributed by atoms with Gasteiger partial charge in [0, 0.05) is 116 Å². The van der Waals surface area contributed by atoms with Gasteiger partial charge in [-0.3, -0.25) is 29.0 Å². The van der Waals surface area contributed by atoms with E-state index >= 15 is 0 Å². The minimum absolute atomic E-state index is 0. The van der Waals surface area contributed by atoms with E-state index in [-0.39, 0.29) is 116 Å². The molecule has 116 valence electrons. The average Bonchev–Trinajstić information content (AvgIpc) is 2.22. The molecule has 0 aliphatic carbocycles. The maximum absolute atomic E-state index is 10.6. The van der Waals surface area contributed by atoms with Crippen molar-refractivity contribution in [3.8, 4) is 0 Å². The Morgan fingerprint density at radius 1 is 0.545 bits per heavy atom. The summed E-state index contributed by atoms with van der Waals surface area (Å²) in [6, 6.07) is 0. The van der Waals surface area contributed by atoms with Gasteiger partial charge in [-0.15, -0.1) is 0 Å². The van der Waals surface area contributed by atoms with Crippen molar-refractivity contribution >= 4 is 127 Å². The van der Waals surface area contributed by atoms with E-state index in [1.54, 1.807) is 0 Å². The summed E-state index contributed by atoms with van der Waals surface area (Å²) in [6.07, 6.45) is 0. The number of carboxylic acid groups (broad SMARTS) is 4. The van der Waals surface area contributed by atoms with Crippen LogP contribution in [-0.4, -0.2) is 196 Å². The molecule has 0 rings (SSSR count). The van der Waals surface area contributed by atoms with E-state index in [1.807, 2.05) is 0 Å². The van der Waals surface area contributed by atoms with E-state index < -0.39 is 50.1 Å². The molecule has 12 heteroatoms. The van der Waals surface area contributed by atoms with Crippen molar-refractivity contribution in [2.24, 2.45) is 0 Å². The van der Waals surface area contributed by atoms with Crippen LogP contribution < -0.4 is 0 Å². The molecule has 0 heterocycles. The SMILES string of the molecule is O=C(O)CN(CCN(CC(=O)O)CC(=O)O)CC(=O)O.[K].[K]. The maximum Gasteiger partial charge on any atom is 0.317 e. The molecule has 0 spiro atoms. The van der Waals surface area contributed by atoms with Gasteiger partial charge in [-0.1, -0.05) is 0 Å². The molecule has 0 unspecified atom stereocenters. The summed E-state index contributed by atoms with van der Waals surface area (Å²) in [6.45, 7) is -2.25. The number of hydrogen-bond donors (Lipinski definition) is 4. The van der Waals surface area contributed by atoms with Crippen LogP contribution in [0.2, 0.25) is 0 Å². The van der Waals surface area contributed by atoms with Crippen molar-refractivity contribution in [2.75, 3.05) is 39.3 Å². The predicted octanol–water partition coefficient (Wildman–Crippen LogP) is -2.83. The first-order valence-corrected chi connectivity index (χ1v) is 5.52. The summed E-state index contributed by atoms with van der Waals surface area (Å²) in [5, 5.41) is 34.5. The molecule has 22 heavy (non-hydrogen) atoms. The van der Waals surface area contributed by atoms with Crippen LogP contribution in [0.4, 0.5) is 0 Å². The van der Waals surface area contributed by atoms with Crippen LogP contribution in [-0.2, 0) is 19.2 Å². The van der Waals surface area contributed by atoms with Gasteiger partial charge < -0.3 is 20.4 Å². The molecule has 0 atom stereocenters. The topological polar surface area (TPSA) is 156 Å². The van der Waals surface area contributed by atoms with Gasteiger partial charge in [-0.25, -0.2) is 0 Å². The van der Waals surface area contributed by atoms with Crippen LogP contribution in [0.25, 0.3) is 0 Å². The standard InChI is InChI=1S/C10H16N2O8.2K/c13-7(14)3-11(4-8(15)16)1-2-12(5-9(17)18)6-10(19)20;;/h1-6H2,(H,13,14)(H,15,16)(H,17,18)(H,19,20);;. The minimum Gasteiger partial charge on any atom is -0.480 e. The first kappa shape index (κ1) is 27.9. The molecule has 0 saturated carbocycles. The van der Waals surface area contributed by atoms with Crippen molar-refractivity contribution in [2.45, 2.75) is 0 Å². The van der Waals surface area contributed by atoms with Crippen molar-refractivity contribution < 1.29 is 39.6 Å². The van der Waals surface area contributed by atoms with Crippen LogP contribution in [0.5, 0.6) is 0 Å². The van der Waals surface area contributed by atoms with Gasteiger partial charge in [0.25, 0.3) is 0 Å². The van der Waals surface area contributed by atoms with E-state index in [4.69, 9.17) is 20.4 Å². The number of aliphatic carboxylic acids is 4. The van der Waals surface area contributed by atoms with E-state index in [9.17, 15) is 19.2 Å². The molecule has 0 bridgehead atoms. The molecular formula is C10H16K2N2O8. The van der Waals surface area contributed by atoms with Gasteiger partial charge in [0.05, 0.1) is 26.2 Å². The van der Waals surface area contributed by atoms with E-state index in [1.165, 1.54) is 0 Å². The van der Waals surface area contributed by atoms with Crippen LogP contribution in [0.15, 0.2) is 0 Å². The average molecular weight is 370 g/mol. The first-order valence-electron chi connectivity index (χ1n) is 5.52. The summed E-state index contributed by atoms with van der Waals surface area (Å²) in [5.74, 6) is -4.91. The van der Waals surface area contributed by atoms with Gasteiger partial charge in [0.1, 0.15) is 0 Å². The zero-order valence-corrected chi connectivity index (χ0v) is 18.8. The number of hydrogen-bond acceptors (Lipinski definition) is 6. The third-order valence-electron chi connectivity index (χ3n) is 2.17. The molecule has 0 saturated heterocycles. The Balaban J connectivity index is -0.00000180. The van der Waals surface area contributed by atoms with Gasteiger partial charge in [0.2, 0.25) is 0 Å². The molecule has 0 aliphatic heterocycles. The van der Waals surface area contributed by atoms with Gasteiger partial charge >= 0.3 is 23.9 Å². The van der Waals surface area contributed by atoms with Crippen LogP contribution >= 0.6 is 0 Å². The van der Waals surface area contributed by atoms with Crippen LogP contribution in [0.3, 0.4) is 0 Å². The Hall–Kier alpha value is 1.07. The Morgan fingerprint density at radius 3 is 0.864 bits per heavy atom. The zero-order valence-electron chi connectivity index (χ0n) is 12.6. The molecular weight excluding hydrogens is 354 g/mol. The van der Waals surface area contributed by atoms with Crippen molar-refractivity contribution in [3.05, 3.63) is 0 Å². The van der Waals surface area contributed by atoms with E-state index in [0.29, 0.717) is 0 Å². The summed E-state index contributed by atoms with van der Waals surface area (Å²) < 4.78 is 0. The fourth-order valence-electron chi connectivity index (χ4n) is 1.48. The smallest absolute Gasteiger partial charge is 0.317 e. The molecule has 2 radical (unpaired) electrons. The molecule has 0 amide bonds. The fraction of sp³-hybridized carbons (Fsp3) is 0.600. The van der Waals surface area contributed by atoms with Crippen molar-refractivity contribution in [1.29, 1.82) is 0 Å². The second kappa shape index (κ2) is 15.6. The van der Waals surface area contributed by atoms with E-state index in [0.717, 1.165) is 9.80 Å². The van der Waals surface area contributed by atoms with E-state index in [2.05, 4.69) is 0 Å². The Bertz CT molecular complexity index is 325. The minimum atomic E-state index is -1.23. The molecule has 0 aromatic carbocycles. The summed E-state index contributed by atoms with van der Waals surface area (Å²) in [4.78, 5) is 44.4. The van der Waals surface area contributed by atoms with Gasteiger partial charge in [-0.2, -0.15) is 0 Å². The molecule has 4 N–H and O–H groups in total. The molecule has 0 aliphatic rings. The summed E-state index contributed by atoms with van der Waals surface area (Å²) >= 11 is 0. The molecule has 0 fully saturated rings. The number of nitrogens with zero attached hydrogens (tertiary/aromatic N) is 2. The summed E-state index contributed by atoms with van der Waals surface area (Å²) in [5.41, 5.74) is 0. The van der Waals surface area contributed by atoms with Crippen LogP contribution in [0, 0.1) is 0 Å². The number of carboxylic acids is 4. The van der Waals surface area contributed by atoms with Gasteiger partial charge in [-0.05, 0) is 0 Å². The molecule has 0 aromatic heterocycles. The Morgan fingerprint density at radius 2 is 0.727 bits per heavy atom. The van der Waals surface area contributed by atoms with Crippen LogP contribution in [0.1, 0.15) is 0 Å². The van der Waals surface area contributed by atoms with Gasteiger partial charge in [0.15, 0.2) is 0 Å². The molecule has 10 nitrogen and oxygen atoms in total. The number of rotatable bonds is 11.